The van der Waals surface area contributed by atoms with Gasteiger partial charge in [-0.05, 0) is 31.0 Å². The maximum atomic E-state index is 12.4. The van der Waals surface area contributed by atoms with E-state index in [-0.39, 0.29) is 5.91 Å². The summed E-state index contributed by atoms with van der Waals surface area (Å²) in [5.41, 5.74) is 1.60. The molecule has 2 aromatic heterocycles. The first-order valence-electron chi connectivity index (χ1n) is 6.94. The predicted molar refractivity (Wildman–Crippen MR) is 75.3 cm³/mol. The number of aromatic nitrogens is 3. The number of piperidine rings is 1. The molecule has 0 bridgehead atoms. The fourth-order valence-corrected chi connectivity index (χ4v) is 2.71. The standard InChI is InChI=1S/C15H18N4O/c1-18-10-7-13(17-18)12-5-4-9-19(11-12)15(20)14-6-2-3-8-16-14/h2-3,6-8,10,12H,4-5,9,11H2,1H3. The molecule has 3 rings (SSSR count). The number of aryl methyl sites for hydroxylation is 1. The summed E-state index contributed by atoms with van der Waals surface area (Å²) >= 11 is 0. The van der Waals surface area contributed by atoms with Gasteiger partial charge in [0.25, 0.3) is 5.91 Å². The van der Waals surface area contributed by atoms with Gasteiger partial charge < -0.3 is 4.90 Å². The van der Waals surface area contributed by atoms with E-state index in [2.05, 4.69) is 10.1 Å². The second-order valence-electron chi connectivity index (χ2n) is 5.22. The Balaban J connectivity index is 1.74. The van der Waals surface area contributed by atoms with Crippen LogP contribution in [0.3, 0.4) is 0 Å². The Morgan fingerprint density at radius 3 is 2.95 bits per heavy atom. The van der Waals surface area contributed by atoms with Gasteiger partial charge in [0, 0.05) is 38.4 Å². The minimum atomic E-state index is 0.0197. The summed E-state index contributed by atoms with van der Waals surface area (Å²) in [6.07, 6.45) is 5.71. The third kappa shape index (κ3) is 2.57. The van der Waals surface area contributed by atoms with Crippen molar-refractivity contribution < 1.29 is 4.79 Å². The van der Waals surface area contributed by atoms with Crippen LogP contribution in [0.1, 0.15) is 34.9 Å². The van der Waals surface area contributed by atoms with Crippen molar-refractivity contribution in [2.24, 2.45) is 7.05 Å². The molecule has 104 valence electrons. The van der Waals surface area contributed by atoms with Crippen molar-refractivity contribution in [3.05, 3.63) is 48.0 Å². The summed E-state index contributed by atoms with van der Waals surface area (Å²) in [4.78, 5) is 18.5. The van der Waals surface area contributed by atoms with Crippen molar-refractivity contribution in [2.75, 3.05) is 13.1 Å². The summed E-state index contributed by atoms with van der Waals surface area (Å²) in [7, 11) is 1.92. The first-order valence-corrected chi connectivity index (χ1v) is 6.94. The second kappa shape index (κ2) is 5.45. The van der Waals surface area contributed by atoms with Crippen LogP contribution in [0, 0.1) is 0 Å². The first-order chi connectivity index (χ1) is 9.74. The quantitative estimate of drug-likeness (QED) is 0.836. The van der Waals surface area contributed by atoms with Crippen molar-refractivity contribution >= 4 is 5.91 Å². The van der Waals surface area contributed by atoms with Gasteiger partial charge in [-0.25, -0.2) is 0 Å². The molecule has 0 saturated carbocycles. The van der Waals surface area contributed by atoms with Gasteiger partial charge in [-0.3, -0.25) is 14.5 Å². The van der Waals surface area contributed by atoms with E-state index in [1.807, 2.05) is 41.0 Å². The van der Waals surface area contributed by atoms with Gasteiger partial charge in [0.2, 0.25) is 0 Å². The molecule has 0 aliphatic carbocycles. The van der Waals surface area contributed by atoms with Crippen LogP contribution in [-0.2, 0) is 7.05 Å². The Morgan fingerprint density at radius 1 is 1.35 bits per heavy atom. The van der Waals surface area contributed by atoms with Crippen LogP contribution in [0.25, 0.3) is 0 Å². The lowest BCUT2D eigenvalue weighted by Crippen LogP contribution is -2.39. The molecule has 3 heterocycles. The van der Waals surface area contributed by atoms with Gasteiger partial charge in [0.1, 0.15) is 5.69 Å². The molecule has 1 atom stereocenters. The maximum absolute atomic E-state index is 12.4. The number of amides is 1. The van der Waals surface area contributed by atoms with Gasteiger partial charge in [-0.15, -0.1) is 0 Å². The fraction of sp³-hybridized carbons (Fsp3) is 0.400. The molecule has 1 aliphatic heterocycles. The third-order valence-corrected chi connectivity index (χ3v) is 3.75. The van der Waals surface area contributed by atoms with Gasteiger partial charge >= 0.3 is 0 Å². The molecule has 1 aliphatic rings. The smallest absolute Gasteiger partial charge is 0.272 e. The predicted octanol–water partition coefficient (Wildman–Crippen LogP) is 1.83. The fourth-order valence-electron chi connectivity index (χ4n) is 2.71. The van der Waals surface area contributed by atoms with E-state index >= 15 is 0 Å². The van der Waals surface area contributed by atoms with E-state index in [1.54, 1.807) is 12.3 Å². The Bertz CT molecular complexity index is 593. The number of nitrogens with zero attached hydrogens (tertiary/aromatic N) is 4. The van der Waals surface area contributed by atoms with E-state index in [1.165, 1.54) is 0 Å². The molecule has 1 fully saturated rings. The zero-order valence-electron chi connectivity index (χ0n) is 11.6. The lowest BCUT2D eigenvalue weighted by Gasteiger charge is -2.31. The highest BCUT2D eigenvalue weighted by atomic mass is 16.2. The number of rotatable bonds is 2. The van der Waals surface area contributed by atoms with Crippen molar-refractivity contribution in [3.8, 4) is 0 Å². The maximum Gasteiger partial charge on any atom is 0.272 e. The Kier molecular flexibility index (Phi) is 3.50. The summed E-state index contributed by atoms with van der Waals surface area (Å²) in [6.45, 7) is 1.53. The highest BCUT2D eigenvalue weighted by molar-refractivity contribution is 5.92. The molecule has 0 spiro atoms. The second-order valence-corrected chi connectivity index (χ2v) is 5.22. The van der Waals surface area contributed by atoms with Crippen molar-refractivity contribution in [1.82, 2.24) is 19.7 Å². The number of hydrogen-bond acceptors (Lipinski definition) is 3. The molecule has 2 aromatic rings. The van der Waals surface area contributed by atoms with Crippen LogP contribution >= 0.6 is 0 Å². The van der Waals surface area contributed by atoms with Crippen LogP contribution < -0.4 is 0 Å². The van der Waals surface area contributed by atoms with E-state index in [9.17, 15) is 4.79 Å². The third-order valence-electron chi connectivity index (χ3n) is 3.75. The molecule has 5 nitrogen and oxygen atoms in total. The summed E-state index contributed by atoms with van der Waals surface area (Å²) in [6, 6.07) is 7.48. The lowest BCUT2D eigenvalue weighted by molar-refractivity contribution is 0.0700. The zero-order chi connectivity index (χ0) is 13.9. The van der Waals surface area contributed by atoms with E-state index in [0.29, 0.717) is 11.6 Å². The molecular formula is C15H18N4O. The van der Waals surface area contributed by atoms with Crippen LogP contribution in [0.5, 0.6) is 0 Å². The van der Waals surface area contributed by atoms with Gasteiger partial charge in [0.15, 0.2) is 0 Å². The van der Waals surface area contributed by atoms with Gasteiger partial charge in [-0.1, -0.05) is 6.07 Å². The molecule has 0 radical (unpaired) electrons. The molecule has 0 N–H and O–H groups in total. The largest absolute Gasteiger partial charge is 0.337 e. The molecule has 1 unspecified atom stereocenters. The summed E-state index contributed by atoms with van der Waals surface area (Å²) in [5, 5.41) is 4.46. The number of carbonyl (C=O) groups is 1. The average molecular weight is 270 g/mol. The summed E-state index contributed by atoms with van der Waals surface area (Å²) < 4.78 is 1.81. The molecule has 5 heteroatoms. The van der Waals surface area contributed by atoms with Crippen LogP contribution in [0.2, 0.25) is 0 Å². The normalized spacial score (nSPS) is 19.1. The van der Waals surface area contributed by atoms with Crippen molar-refractivity contribution in [3.63, 3.8) is 0 Å². The highest BCUT2D eigenvalue weighted by Crippen LogP contribution is 2.26. The Hall–Kier alpha value is -2.17. The van der Waals surface area contributed by atoms with Crippen molar-refractivity contribution in [2.45, 2.75) is 18.8 Å². The average Bonchev–Trinajstić information content (AvgIpc) is 2.94. The monoisotopic (exact) mass is 270 g/mol. The Morgan fingerprint density at radius 2 is 2.25 bits per heavy atom. The first kappa shape index (κ1) is 12.8. The number of hydrogen-bond donors (Lipinski definition) is 0. The minimum Gasteiger partial charge on any atom is -0.337 e. The molecular weight excluding hydrogens is 252 g/mol. The van der Waals surface area contributed by atoms with E-state index < -0.39 is 0 Å². The number of likely N-dealkylation sites (tertiary alicyclic amines) is 1. The molecule has 0 aromatic carbocycles. The van der Waals surface area contributed by atoms with Crippen LogP contribution in [0.4, 0.5) is 0 Å². The minimum absolute atomic E-state index is 0.0197. The lowest BCUT2D eigenvalue weighted by atomic mass is 9.95. The highest BCUT2D eigenvalue weighted by Gasteiger charge is 2.27. The van der Waals surface area contributed by atoms with E-state index in [0.717, 1.165) is 31.6 Å². The molecule has 20 heavy (non-hydrogen) atoms. The number of carbonyl (C=O) groups excluding carboxylic acids is 1. The van der Waals surface area contributed by atoms with Crippen molar-refractivity contribution in [1.29, 1.82) is 0 Å². The molecule has 1 saturated heterocycles. The Labute approximate surface area is 118 Å². The van der Waals surface area contributed by atoms with Gasteiger partial charge in [-0.2, -0.15) is 5.10 Å². The van der Waals surface area contributed by atoms with Gasteiger partial charge in [0.05, 0.1) is 5.69 Å². The number of pyridine rings is 1. The topological polar surface area (TPSA) is 51.0 Å². The SMILES string of the molecule is Cn1ccc(C2CCCN(C(=O)c3ccccn3)C2)n1. The van der Waals surface area contributed by atoms with Crippen LogP contribution in [0.15, 0.2) is 36.7 Å². The van der Waals surface area contributed by atoms with E-state index in [4.69, 9.17) is 0 Å². The summed E-state index contributed by atoms with van der Waals surface area (Å²) in [5.74, 6) is 0.351. The zero-order valence-corrected chi connectivity index (χ0v) is 11.6. The van der Waals surface area contributed by atoms with Crippen LogP contribution in [-0.4, -0.2) is 38.7 Å². The molecule has 1 amide bonds.